The minimum Gasteiger partial charge on any atom is -0.444 e. The van der Waals surface area contributed by atoms with Crippen molar-refractivity contribution < 1.29 is 23.9 Å². The van der Waals surface area contributed by atoms with Crippen LogP contribution in [0.25, 0.3) is 0 Å². The summed E-state index contributed by atoms with van der Waals surface area (Å²) in [5, 5.41) is 2.77. The van der Waals surface area contributed by atoms with E-state index < -0.39 is 5.60 Å². The smallest absolute Gasteiger partial charge is 0.410 e. The molecule has 0 aromatic rings. The zero-order valence-electron chi connectivity index (χ0n) is 19.5. The topological polar surface area (TPSA) is 88.2 Å². The molecule has 0 aromatic carbocycles. The Morgan fingerprint density at radius 3 is 2.21 bits per heavy atom. The van der Waals surface area contributed by atoms with E-state index in [9.17, 15) is 14.4 Å². The first-order valence-electron chi connectivity index (χ1n) is 10.4. The van der Waals surface area contributed by atoms with Crippen LogP contribution in [0.15, 0.2) is 0 Å². The lowest BCUT2D eigenvalue weighted by molar-refractivity contribution is -0.136. The Labute approximate surface area is 176 Å². The summed E-state index contributed by atoms with van der Waals surface area (Å²) in [6.07, 6.45) is 1.25. The highest BCUT2D eigenvalue weighted by Crippen LogP contribution is 2.09. The minimum atomic E-state index is -0.534. The van der Waals surface area contributed by atoms with E-state index in [2.05, 4.69) is 19.2 Å². The second-order valence-electron chi connectivity index (χ2n) is 8.92. The first kappa shape index (κ1) is 27.2. The fourth-order valence-corrected chi connectivity index (χ4v) is 2.30. The molecule has 0 aliphatic rings. The number of hydrogen-bond donors (Lipinski definition) is 1. The van der Waals surface area contributed by atoms with E-state index in [0.717, 1.165) is 6.42 Å². The summed E-state index contributed by atoms with van der Waals surface area (Å²) in [5.74, 6) is 0.212. The molecule has 0 radical (unpaired) electrons. The van der Waals surface area contributed by atoms with Crippen molar-refractivity contribution in [3.63, 3.8) is 0 Å². The molecule has 1 unspecified atom stereocenters. The van der Waals surface area contributed by atoms with Crippen LogP contribution in [0.1, 0.15) is 60.8 Å². The average molecular weight is 416 g/mol. The number of hydrogen-bond acceptors (Lipinski definition) is 5. The van der Waals surface area contributed by atoms with Crippen molar-refractivity contribution in [2.45, 2.75) is 72.5 Å². The van der Waals surface area contributed by atoms with Crippen LogP contribution in [0, 0.1) is 5.92 Å². The lowest BCUT2D eigenvalue weighted by Gasteiger charge is -2.24. The SMILES string of the molecule is CC(C)CCOC(C)CC(=O)N(C)CC(=O)NCCCN(C)C(=O)OC(C)(C)C. The average Bonchev–Trinajstić information content (AvgIpc) is 2.56. The van der Waals surface area contributed by atoms with Gasteiger partial charge in [-0.15, -0.1) is 0 Å². The molecule has 0 saturated carbocycles. The molecule has 0 rings (SSSR count). The van der Waals surface area contributed by atoms with E-state index in [0.29, 0.717) is 32.0 Å². The summed E-state index contributed by atoms with van der Waals surface area (Å²) >= 11 is 0. The highest BCUT2D eigenvalue weighted by atomic mass is 16.6. The zero-order chi connectivity index (χ0) is 22.6. The first-order chi connectivity index (χ1) is 13.3. The van der Waals surface area contributed by atoms with Crippen LogP contribution < -0.4 is 5.32 Å². The molecule has 0 aliphatic carbocycles. The van der Waals surface area contributed by atoms with Crippen LogP contribution in [-0.4, -0.2) is 79.7 Å². The maximum atomic E-state index is 12.2. The second-order valence-corrected chi connectivity index (χ2v) is 8.92. The number of nitrogens with one attached hydrogen (secondary N) is 1. The van der Waals surface area contributed by atoms with Gasteiger partial charge >= 0.3 is 6.09 Å². The van der Waals surface area contributed by atoms with Gasteiger partial charge in [0.25, 0.3) is 0 Å². The number of ether oxygens (including phenoxy) is 2. The summed E-state index contributed by atoms with van der Waals surface area (Å²) in [4.78, 5) is 39.0. The molecule has 170 valence electrons. The van der Waals surface area contributed by atoms with Crippen molar-refractivity contribution in [1.82, 2.24) is 15.1 Å². The van der Waals surface area contributed by atoms with E-state index in [1.807, 2.05) is 27.7 Å². The minimum absolute atomic E-state index is 0.000543. The van der Waals surface area contributed by atoms with Crippen LogP contribution in [0.2, 0.25) is 0 Å². The van der Waals surface area contributed by atoms with Gasteiger partial charge in [0.2, 0.25) is 11.8 Å². The molecular weight excluding hydrogens is 374 g/mol. The number of likely N-dealkylation sites (N-methyl/N-ethyl adjacent to an activating group) is 1. The maximum absolute atomic E-state index is 12.2. The Morgan fingerprint density at radius 2 is 1.66 bits per heavy atom. The van der Waals surface area contributed by atoms with Gasteiger partial charge in [-0.25, -0.2) is 4.79 Å². The molecule has 3 amide bonds. The van der Waals surface area contributed by atoms with E-state index in [-0.39, 0.29) is 37.0 Å². The Hall–Kier alpha value is -1.83. The van der Waals surface area contributed by atoms with Crippen molar-refractivity contribution >= 4 is 17.9 Å². The Balaban J connectivity index is 4.03. The van der Waals surface area contributed by atoms with Crippen LogP contribution in [0.5, 0.6) is 0 Å². The Morgan fingerprint density at radius 1 is 1.03 bits per heavy atom. The monoisotopic (exact) mass is 415 g/mol. The van der Waals surface area contributed by atoms with Crippen LogP contribution in [-0.2, 0) is 19.1 Å². The molecule has 8 nitrogen and oxygen atoms in total. The molecule has 0 heterocycles. The normalized spacial score (nSPS) is 12.4. The first-order valence-corrected chi connectivity index (χ1v) is 10.4. The number of carbonyl (C=O) groups excluding carboxylic acids is 3. The van der Waals surface area contributed by atoms with E-state index in [1.165, 1.54) is 9.80 Å². The molecular formula is C21H41N3O5. The van der Waals surface area contributed by atoms with E-state index in [1.54, 1.807) is 14.1 Å². The van der Waals surface area contributed by atoms with Crippen LogP contribution in [0.3, 0.4) is 0 Å². The molecule has 1 N–H and O–H groups in total. The molecule has 8 heteroatoms. The third-order valence-electron chi connectivity index (χ3n) is 4.06. The zero-order valence-corrected chi connectivity index (χ0v) is 19.5. The van der Waals surface area contributed by atoms with Crippen molar-refractivity contribution in [2.75, 3.05) is 40.3 Å². The highest BCUT2D eigenvalue weighted by molar-refractivity contribution is 5.84. The van der Waals surface area contributed by atoms with Crippen molar-refractivity contribution in [3.05, 3.63) is 0 Å². The Kier molecular flexibility index (Phi) is 12.6. The second kappa shape index (κ2) is 13.4. The highest BCUT2D eigenvalue weighted by Gasteiger charge is 2.19. The predicted molar refractivity (Wildman–Crippen MR) is 114 cm³/mol. The third-order valence-corrected chi connectivity index (χ3v) is 4.06. The fraction of sp³-hybridized carbons (Fsp3) is 0.857. The number of nitrogens with zero attached hydrogens (tertiary/aromatic N) is 2. The summed E-state index contributed by atoms with van der Waals surface area (Å²) in [7, 11) is 3.27. The molecule has 0 fully saturated rings. The van der Waals surface area contributed by atoms with Gasteiger partial charge < -0.3 is 24.6 Å². The van der Waals surface area contributed by atoms with Crippen LogP contribution in [0.4, 0.5) is 4.79 Å². The van der Waals surface area contributed by atoms with Gasteiger partial charge in [0.15, 0.2) is 0 Å². The Bertz CT molecular complexity index is 517. The van der Waals surface area contributed by atoms with Gasteiger partial charge in [-0.3, -0.25) is 9.59 Å². The van der Waals surface area contributed by atoms with Gasteiger partial charge in [-0.2, -0.15) is 0 Å². The summed E-state index contributed by atoms with van der Waals surface area (Å²) < 4.78 is 10.9. The van der Waals surface area contributed by atoms with E-state index in [4.69, 9.17) is 9.47 Å². The predicted octanol–water partition coefficient (Wildman–Crippen LogP) is 2.66. The molecule has 0 bridgehead atoms. The molecule has 0 aromatic heterocycles. The lowest BCUT2D eigenvalue weighted by Crippen LogP contribution is -2.40. The number of rotatable bonds is 12. The standard InChI is InChI=1S/C21H41N3O5/c1-16(2)10-13-28-17(3)14-19(26)24(8)15-18(25)22-11-9-12-23(7)20(27)29-21(4,5)6/h16-17H,9-15H2,1-8H3,(H,22,25). The number of amides is 3. The fourth-order valence-electron chi connectivity index (χ4n) is 2.30. The van der Waals surface area contributed by atoms with Gasteiger partial charge in [0, 0.05) is 33.8 Å². The van der Waals surface area contributed by atoms with Crippen LogP contribution >= 0.6 is 0 Å². The molecule has 0 saturated heterocycles. The number of carbonyl (C=O) groups is 3. The largest absolute Gasteiger partial charge is 0.444 e. The van der Waals surface area contributed by atoms with Gasteiger partial charge in [0.1, 0.15) is 5.60 Å². The molecule has 0 spiro atoms. The van der Waals surface area contributed by atoms with Gasteiger partial charge in [-0.05, 0) is 46.5 Å². The summed E-state index contributed by atoms with van der Waals surface area (Å²) in [5.41, 5.74) is -0.534. The van der Waals surface area contributed by atoms with Crippen molar-refractivity contribution in [2.24, 2.45) is 5.92 Å². The summed E-state index contributed by atoms with van der Waals surface area (Å²) in [6.45, 7) is 13.1. The molecule has 1 atom stereocenters. The molecule has 0 aliphatic heterocycles. The summed E-state index contributed by atoms with van der Waals surface area (Å²) in [6, 6.07) is 0. The van der Waals surface area contributed by atoms with Crippen molar-refractivity contribution in [1.29, 1.82) is 0 Å². The van der Waals surface area contributed by atoms with Gasteiger partial charge in [-0.1, -0.05) is 13.8 Å². The maximum Gasteiger partial charge on any atom is 0.410 e. The van der Waals surface area contributed by atoms with Gasteiger partial charge in [0.05, 0.1) is 19.1 Å². The van der Waals surface area contributed by atoms with E-state index >= 15 is 0 Å². The quantitative estimate of drug-likeness (QED) is 0.495. The lowest BCUT2D eigenvalue weighted by atomic mass is 10.1. The van der Waals surface area contributed by atoms with Crippen molar-refractivity contribution in [3.8, 4) is 0 Å². The molecule has 29 heavy (non-hydrogen) atoms. The third kappa shape index (κ3) is 14.8.